The average molecular weight is 310 g/mol. The summed E-state index contributed by atoms with van der Waals surface area (Å²) in [7, 11) is 0. The molecule has 3 rings (SSSR count). The van der Waals surface area contributed by atoms with Gasteiger partial charge in [0.05, 0.1) is 4.92 Å². The van der Waals surface area contributed by atoms with Gasteiger partial charge in [0, 0.05) is 43.3 Å². The van der Waals surface area contributed by atoms with Crippen LogP contribution in [0.15, 0.2) is 18.2 Å². The first kappa shape index (κ1) is 14.3. The van der Waals surface area contributed by atoms with Crippen LogP contribution in [0.25, 0.3) is 0 Å². The Morgan fingerprint density at radius 3 is 2.48 bits per heavy atom. The molecule has 6 nitrogen and oxygen atoms in total. The van der Waals surface area contributed by atoms with Crippen LogP contribution < -0.4 is 0 Å². The summed E-state index contributed by atoms with van der Waals surface area (Å²) in [5.74, 6) is -0.306. The van der Waals surface area contributed by atoms with Gasteiger partial charge in [0.15, 0.2) is 0 Å². The SMILES string of the molecule is O=C(c1cc(Cl)ccc1[N+](=O)[O-])N1CCN(C2CC2)CC1. The van der Waals surface area contributed by atoms with Gasteiger partial charge in [-0.3, -0.25) is 19.8 Å². The lowest BCUT2D eigenvalue weighted by atomic mass is 10.1. The lowest BCUT2D eigenvalue weighted by Gasteiger charge is -2.34. The summed E-state index contributed by atoms with van der Waals surface area (Å²) in [6, 6.07) is 4.79. The van der Waals surface area contributed by atoms with Gasteiger partial charge in [-0.25, -0.2) is 0 Å². The smallest absolute Gasteiger partial charge is 0.282 e. The zero-order chi connectivity index (χ0) is 15.0. The molecule has 1 aliphatic carbocycles. The van der Waals surface area contributed by atoms with E-state index in [1.807, 2.05) is 0 Å². The minimum absolute atomic E-state index is 0.0763. The minimum atomic E-state index is -0.538. The fraction of sp³-hybridized carbons (Fsp3) is 0.500. The van der Waals surface area contributed by atoms with Crippen molar-refractivity contribution in [2.24, 2.45) is 0 Å². The van der Waals surface area contributed by atoms with Crippen molar-refractivity contribution in [3.8, 4) is 0 Å². The molecule has 1 aliphatic heterocycles. The lowest BCUT2D eigenvalue weighted by molar-refractivity contribution is -0.385. The number of carbonyl (C=O) groups is 1. The second-order valence-electron chi connectivity index (χ2n) is 5.48. The molecule has 1 aromatic carbocycles. The predicted octanol–water partition coefficient (Wildman–Crippen LogP) is 2.17. The molecule has 2 fully saturated rings. The van der Waals surface area contributed by atoms with Crippen LogP contribution >= 0.6 is 11.6 Å². The second kappa shape index (κ2) is 5.61. The van der Waals surface area contributed by atoms with E-state index in [1.165, 1.54) is 31.0 Å². The molecule has 112 valence electrons. The fourth-order valence-electron chi connectivity index (χ4n) is 2.74. The van der Waals surface area contributed by atoms with Gasteiger partial charge in [-0.05, 0) is 25.0 Å². The maximum absolute atomic E-state index is 12.5. The van der Waals surface area contributed by atoms with E-state index in [-0.39, 0.29) is 17.2 Å². The third kappa shape index (κ3) is 3.01. The number of rotatable bonds is 3. The van der Waals surface area contributed by atoms with Gasteiger partial charge in [0.1, 0.15) is 5.56 Å². The normalized spacial score (nSPS) is 19.6. The molecule has 1 amide bonds. The molecule has 0 unspecified atom stereocenters. The summed E-state index contributed by atoms with van der Waals surface area (Å²) in [5.41, 5.74) is -0.110. The quantitative estimate of drug-likeness (QED) is 0.634. The summed E-state index contributed by atoms with van der Waals surface area (Å²) in [6.07, 6.45) is 2.49. The maximum atomic E-state index is 12.5. The molecule has 1 saturated carbocycles. The topological polar surface area (TPSA) is 66.7 Å². The molecule has 7 heteroatoms. The molecule has 0 radical (unpaired) electrons. The minimum Gasteiger partial charge on any atom is -0.336 e. The highest BCUT2D eigenvalue weighted by atomic mass is 35.5. The van der Waals surface area contributed by atoms with Gasteiger partial charge >= 0.3 is 0 Å². The van der Waals surface area contributed by atoms with Crippen LogP contribution in [0.3, 0.4) is 0 Å². The first-order chi connectivity index (χ1) is 10.1. The molecular weight excluding hydrogens is 294 g/mol. The van der Waals surface area contributed by atoms with Gasteiger partial charge in [-0.2, -0.15) is 0 Å². The Bertz CT molecular complexity index is 581. The van der Waals surface area contributed by atoms with Crippen LogP contribution in [0, 0.1) is 10.1 Å². The van der Waals surface area contributed by atoms with Crippen LogP contribution in [0.2, 0.25) is 5.02 Å². The van der Waals surface area contributed by atoms with Gasteiger partial charge in [0.2, 0.25) is 0 Å². The first-order valence-electron chi connectivity index (χ1n) is 7.03. The monoisotopic (exact) mass is 309 g/mol. The van der Waals surface area contributed by atoms with Crippen molar-refractivity contribution >= 4 is 23.2 Å². The third-order valence-electron chi connectivity index (χ3n) is 4.05. The van der Waals surface area contributed by atoms with Crippen LogP contribution in [0.4, 0.5) is 5.69 Å². The molecular formula is C14H16ClN3O3. The number of amides is 1. The van der Waals surface area contributed by atoms with Crippen molar-refractivity contribution in [3.05, 3.63) is 38.9 Å². The molecule has 1 aromatic rings. The number of piperazine rings is 1. The molecule has 0 N–H and O–H groups in total. The number of nitro benzene ring substituents is 1. The van der Waals surface area contributed by atoms with Crippen LogP contribution in [0.5, 0.6) is 0 Å². The van der Waals surface area contributed by atoms with E-state index in [2.05, 4.69) is 4.90 Å². The van der Waals surface area contributed by atoms with Gasteiger partial charge in [-0.1, -0.05) is 11.6 Å². The average Bonchev–Trinajstić information content (AvgIpc) is 3.31. The Morgan fingerprint density at radius 2 is 1.90 bits per heavy atom. The zero-order valence-electron chi connectivity index (χ0n) is 11.5. The van der Waals surface area contributed by atoms with Crippen molar-refractivity contribution in [2.45, 2.75) is 18.9 Å². The Balaban J connectivity index is 1.76. The van der Waals surface area contributed by atoms with Crippen LogP contribution in [-0.4, -0.2) is 52.9 Å². The molecule has 0 atom stereocenters. The summed E-state index contributed by atoms with van der Waals surface area (Å²) in [5, 5.41) is 11.4. The third-order valence-corrected chi connectivity index (χ3v) is 4.29. The number of carbonyl (C=O) groups excluding carboxylic acids is 1. The Kier molecular flexibility index (Phi) is 3.82. The first-order valence-corrected chi connectivity index (χ1v) is 7.41. The van der Waals surface area contributed by atoms with E-state index in [9.17, 15) is 14.9 Å². The highest BCUT2D eigenvalue weighted by Gasteiger charge is 2.33. The molecule has 0 bridgehead atoms. The van der Waals surface area contributed by atoms with Crippen LogP contribution in [0.1, 0.15) is 23.2 Å². The molecule has 0 aromatic heterocycles. The number of nitro groups is 1. The predicted molar refractivity (Wildman–Crippen MR) is 78.6 cm³/mol. The van der Waals surface area contributed by atoms with Crippen molar-refractivity contribution < 1.29 is 9.72 Å². The standard InChI is InChI=1S/C14H16ClN3O3/c15-10-1-4-13(18(20)21)12(9-10)14(19)17-7-5-16(6-8-17)11-2-3-11/h1,4,9,11H,2-3,5-8H2. The zero-order valence-corrected chi connectivity index (χ0v) is 12.3. The summed E-state index contributed by atoms with van der Waals surface area (Å²) in [4.78, 5) is 27.1. The van der Waals surface area contributed by atoms with E-state index in [0.717, 1.165) is 13.1 Å². The van der Waals surface area contributed by atoms with Gasteiger partial charge in [-0.15, -0.1) is 0 Å². The van der Waals surface area contributed by atoms with E-state index >= 15 is 0 Å². The molecule has 0 spiro atoms. The largest absolute Gasteiger partial charge is 0.336 e. The highest BCUT2D eigenvalue weighted by molar-refractivity contribution is 6.31. The van der Waals surface area contributed by atoms with Crippen LogP contribution in [-0.2, 0) is 0 Å². The van der Waals surface area contributed by atoms with E-state index in [4.69, 9.17) is 11.6 Å². The van der Waals surface area contributed by atoms with Crippen molar-refractivity contribution in [3.63, 3.8) is 0 Å². The number of benzene rings is 1. The Morgan fingerprint density at radius 1 is 1.24 bits per heavy atom. The lowest BCUT2D eigenvalue weighted by Crippen LogP contribution is -2.49. The molecule has 1 heterocycles. The van der Waals surface area contributed by atoms with Gasteiger partial charge in [0.25, 0.3) is 11.6 Å². The number of nitrogens with zero attached hydrogens (tertiary/aromatic N) is 3. The van der Waals surface area contributed by atoms with Crippen molar-refractivity contribution in [2.75, 3.05) is 26.2 Å². The summed E-state index contributed by atoms with van der Waals surface area (Å²) in [6.45, 7) is 2.90. The molecule has 1 saturated heterocycles. The summed E-state index contributed by atoms with van der Waals surface area (Å²) >= 11 is 5.88. The fourth-order valence-corrected chi connectivity index (χ4v) is 2.91. The number of hydrogen-bond acceptors (Lipinski definition) is 4. The van der Waals surface area contributed by atoms with E-state index in [0.29, 0.717) is 24.2 Å². The Labute approximate surface area is 127 Å². The van der Waals surface area contributed by atoms with Crippen molar-refractivity contribution in [1.82, 2.24) is 9.80 Å². The maximum Gasteiger partial charge on any atom is 0.282 e. The molecule has 21 heavy (non-hydrogen) atoms. The number of halogens is 1. The second-order valence-corrected chi connectivity index (χ2v) is 5.91. The molecule has 2 aliphatic rings. The highest BCUT2D eigenvalue weighted by Crippen LogP contribution is 2.29. The number of hydrogen-bond donors (Lipinski definition) is 0. The Hall–Kier alpha value is -1.66. The summed E-state index contributed by atoms with van der Waals surface area (Å²) < 4.78 is 0. The van der Waals surface area contributed by atoms with Gasteiger partial charge < -0.3 is 4.90 Å². The van der Waals surface area contributed by atoms with E-state index < -0.39 is 4.92 Å². The van der Waals surface area contributed by atoms with E-state index in [1.54, 1.807) is 4.90 Å². The van der Waals surface area contributed by atoms with Crippen molar-refractivity contribution in [1.29, 1.82) is 0 Å².